The van der Waals surface area contributed by atoms with Gasteiger partial charge in [0.05, 0.1) is 0 Å². The number of aromatic nitrogens is 10. The lowest BCUT2D eigenvalue weighted by molar-refractivity contribution is -0.115. The number of carbonyl (C=O) groups is 3. The molecule has 4 amide bonds. The Labute approximate surface area is 305 Å². The van der Waals surface area contributed by atoms with Crippen LogP contribution in [-0.2, 0) is 4.79 Å². The quantitative estimate of drug-likeness (QED) is 0.115. The highest BCUT2D eigenvalue weighted by atomic mass is 35.5. The van der Waals surface area contributed by atoms with Gasteiger partial charge in [0.2, 0.25) is 0 Å². The van der Waals surface area contributed by atoms with Gasteiger partial charge in [0, 0.05) is 21.4 Å². The number of hydrogen-bond donors (Lipinski definition) is 6. The molecule has 7 aromatic rings. The number of amides is 4. The summed E-state index contributed by atoms with van der Waals surface area (Å²) in [7, 11) is 0. The summed E-state index contributed by atoms with van der Waals surface area (Å²) in [6, 6.07) is 19.9. The van der Waals surface area contributed by atoms with E-state index in [-0.39, 0.29) is 23.5 Å². The number of urea groups is 2. The number of carbonyl (C=O) groups excluding carboxylic acids is 3. The van der Waals surface area contributed by atoms with E-state index in [1.807, 2.05) is 0 Å². The summed E-state index contributed by atoms with van der Waals surface area (Å²) in [5.74, 6) is -3.42. The molecule has 4 aromatic heterocycles. The number of ketones is 1. The fourth-order valence-corrected chi connectivity index (χ4v) is 5.16. The lowest BCUT2D eigenvalue weighted by Gasteiger charge is -2.13. The van der Waals surface area contributed by atoms with E-state index in [0.717, 1.165) is 15.1 Å². The van der Waals surface area contributed by atoms with Gasteiger partial charge < -0.3 is 10.6 Å². The Morgan fingerprint density at radius 2 is 1.08 bits per heavy atom. The molecule has 6 N–H and O–H groups in total. The standard InChI is InChI=1S/C32H22Cl2N14O5/c33-17-7-11-19(12-8-17)35-31(52)39-29-43-41-27-37-25(50)23(45-47(27)29)22(21(49)15-6-16-4-2-1-3-5-16)24-26(51)38-28-42-44-30(48(28)46-24)40-32(53)36-20-13-9-18(34)10-14-20/h1-15,22H,(H,37,41,50)(H,38,42,51)(H2,35,39,43,52)(H2,36,40,44,53)/b15-6+. The van der Waals surface area contributed by atoms with E-state index >= 15 is 0 Å². The number of nitrogens with one attached hydrogen (secondary N) is 6. The lowest BCUT2D eigenvalue weighted by atomic mass is 9.96. The number of rotatable bonds is 9. The molecule has 3 aromatic carbocycles. The monoisotopic (exact) mass is 752 g/mol. The van der Waals surface area contributed by atoms with Crippen LogP contribution in [0.25, 0.3) is 17.6 Å². The Bertz CT molecular complexity index is 2500. The molecule has 0 atom stereocenters. The number of benzene rings is 3. The van der Waals surface area contributed by atoms with Crippen LogP contribution in [0, 0.1) is 0 Å². The van der Waals surface area contributed by atoms with Crippen molar-refractivity contribution in [2.75, 3.05) is 21.3 Å². The second-order valence-electron chi connectivity index (χ2n) is 10.9. The van der Waals surface area contributed by atoms with Gasteiger partial charge >= 0.3 is 12.1 Å². The van der Waals surface area contributed by atoms with E-state index in [9.17, 15) is 24.0 Å². The van der Waals surface area contributed by atoms with Crippen LogP contribution in [0.3, 0.4) is 0 Å². The first-order chi connectivity index (χ1) is 25.6. The van der Waals surface area contributed by atoms with Gasteiger partial charge in [0.15, 0.2) is 5.78 Å². The van der Waals surface area contributed by atoms with Gasteiger partial charge in [-0.2, -0.15) is 19.2 Å². The number of fused-ring (bicyclic) bond motifs is 2. The first-order valence-corrected chi connectivity index (χ1v) is 16.0. The summed E-state index contributed by atoms with van der Waals surface area (Å²) >= 11 is 11.8. The Morgan fingerprint density at radius 1 is 0.623 bits per heavy atom. The third-order valence-corrected chi connectivity index (χ3v) is 7.84. The summed E-state index contributed by atoms with van der Waals surface area (Å²) < 4.78 is 1.94. The molecule has 0 aliphatic heterocycles. The molecule has 0 saturated heterocycles. The smallest absolute Gasteiger partial charge is 0.308 e. The minimum absolute atomic E-state index is 0.194. The number of nitrogens with zero attached hydrogens (tertiary/aromatic N) is 8. The SMILES string of the molecule is O=C(Nc1ccc(Cl)cc1)Nc1nnc2[nH]c(=O)c(C(C(=O)/C=C/c3ccccc3)c3nn4c(NC(=O)Nc5ccc(Cl)cc5)nnc4[nH]c3=O)nn12. The third-order valence-electron chi connectivity index (χ3n) is 7.34. The molecule has 19 nitrogen and oxygen atoms in total. The first-order valence-electron chi connectivity index (χ1n) is 15.3. The van der Waals surface area contributed by atoms with Gasteiger partial charge in [-0.3, -0.25) is 35.0 Å². The summed E-state index contributed by atoms with van der Waals surface area (Å²) in [4.78, 5) is 71.6. The van der Waals surface area contributed by atoms with Crippen LogP contribution < -0.4 is 32.4 Å². The minimum atomic E-state index is -1.76. The van der Waals surface area contributed by atoms with Crippen LogP contribution >= 0.6 is 23.2 Å². The highest BCUT2D eigenvalue weighted by Crippen LogP contribution is 2.21. The molecule has 7 rings (SSSR count). The van der Waals surface area contributed by atoms with Gasteiger partial charge in [0.1, 0.15) is 17.3 Å². The van der Waals surface area contributed by atoms with Crippen molar-refractivity contribution in [1.82, 2.24) is 49.6 Å². The van der Waals surface area contributed by atoms with E-state index in [0.29, 0.717) is 27.0 Å². The molecule has 0 radical (unpaired) electrons. The molecule has 0 spiro atoms. The predicted octanol–water partition coefficient (Wildman–Crippen LogP) is 3.95. The zero-order valence-corrected chi connectivity index (χ0v) is 28.1. The van der Waals surface area contributed by atoms with Crippen molar-refractivity contribution in [2.24, 2.45) is 0 Å². The Balaban J connectivity index is 1.27. The second-order valence-corrected chi connectivity index (χ2v) is 11.8. The van der Waals surface area contributed by atoms with E-state index in [2.05, 4.69) is 61.8 Å². The van der Waals surface area contributed by atoms with Crippen molar-refractivity contribution in [2.45, 2.75) is 5.92 Å². The maximum atomic E-state index is 14.0. The molecule has 0 bridgehead atoms. The van der Waals surface area contributed by atoms with Crippen LogP contribution in [-0.4, -0.2) is 67.4 Å². The van der Waals surface area contributed by atoms with Crippen molar-refractivity contribution in [1.29, 1.82) is 0 Å². The molecule has 53 heavy (non-hydrogen) atoms. The van der Waals surface area contributed by atoms with Crippen LogP contribution in [0.4, 0.5) is 32.9 Å². The number of H-pyrrole nitrogens is 2. The van der Waals surface area contributed by atoms with E-state index in [4.69, 9.17) is 23.2 Å². The lowest BCUT2D eigenvalue weighted by Crippen LogP contribution is -2.32. The third kappa shape index (κ3) is 7.60. The zero-order chi connectivity index (χ0) is 37.1. The first kappa shape index (κ1) is 34.2. The van der Waals surface area contributed by atoms with Gasteiger partial charge in [-0.15, -0.1) is 20.4 Å². The highest BCUT2D eigenvalue weighted by Gasteiger charge is 2.32. The molecular weight excluding hydrogens is 731 g/mol. The van der Waals surface area contributed by atoms with Crippen molar-refractivity contribution >= 4 is 82.0 Å². The average molecular weight is 754 g/mol. The molecule has 21 heteroatoms. The highest BCUT2D eigenvalue weighted by molar-refractivity contribution is 6.31. The molecule has 264 valence electrons. The molecule has 0 saturated carbocycles. The van der Waals surface area contributed by atoms with Gasteiger partial charge in [-0.1, -0.05) is 59.6 Å². The average Bonchev–Trinajstić information content (AvgIpc) is 3.71. The number of allylic oxidation sites excluding steroid dienone is 1. The van der Waals surface area contributed by atoms with Crippen molar-refractivity contribution < 1.29 is 14.4 Å². The number of hydrogen-bond acceptors (Lipinski definition) is 11. The topological polar surface area (TPSA) is 251 Å². The largest absolute Gasteiger partial charge is 0.326 e. The molecule has 4 heterocycles. The summed E-state index contributed by atoms with van der Waals surface area (Å²) in [6.45, 7) is 0. The van der Waals surface area contributed by atoms with E-state index in [1.54, 1.807) is 78.9 Å². The summed E-state index contributed by atoms with van der Waals surface area (Å²) in [5, 5.41) is 35.1. The predicted molar refractivity (Wildman–Crippen MR) is 193 cm³/mol. The van der Waals surface area contributed by atoms with Crippen molar-refractivity contribution in [3.63, 3.8) is 0 Å². The fourth-order valence-electron chi connectivity index (χ4n) is 4.91. The Kier molecular flexibility index (Phi) is 9.39. The Hall–Kier alpha value is -7.25. The van der Waals surface area contributed by atoms with Crippen LogP contribution in [0.2, 0.25) is 10.0 Å². The summed E-state index contributed by atoms with van der Waals surface area (Å²) in [6.07, 6.45) is 2.64. The van der Waals surface area contributed by atoms with Gasteiger partial charge in [-0.25, -0.2) is 9.59 Å². The molecule has 0 fully saturated rings. The zero-order valence-electron chi connectivity index (χ0n) is 26.6. The van der Waals surface area contributed by atoms with Crippen molar-refractivity contribution in [3.8, 4) is 0 Å². The maximum Gasteiger partial charge on any atom is 0.326 e. The van der Waals surface area contributed by atoms with E-state index < -0.39 is 46.3 Å². The Morgan fingerprint density at radius 3 is 1.53 bits per heavy atom. The fraction of sp³-hybridized carbons (Fsp3) is 0.0312. The van der Waals surface area contributed by atoms with Crippen LogP contribution in [0.5, 0.6) is 0 Å². The maximum absolute atomic E-state index is 14.0. The number of anilines is 4. The number of halogens is 2. The number of aromatic amines is 2. The molecule has 0 unspecified atom stereocenters. The normalized spacial score (nSPS) is 11.3. The molecule has 0 aliphatic carbocycles. The van der Waals surface area contributed by atoms with Gasteiger partial charge in [-0.05, 0) is 60.2 Å². The van der Waals surface area contributed by atoms with E-state index in [1.165, 1.54) is 6.08 Å². The minimum Gasteiger partial charge on any atom is -0.308 e. The summed E-state index contributed by atoms with van der Waals surface area (Å²) in [5.41, 5.74) is -1.40. The molecular formula is C32H22Cl2N14O5. The van der Waals surface area contributed by atoms with Crippen molar-refractivity contribution in [3.05, 3.63) is 133 Å². The second kappa shape index (κ2) is 14.5. The molecule has 0 aliphatic rings. The van der Waals surface area contributed by atoms with Crippen LogP contribution in [0.1, 0.15) is 22.9 Å². The van der Waals surface area contributed by atoms with Crippen LogP contribution in [0.15, 0.2) is 94.5 Å². The van der Waals surface area contributed by atoms with Gasteiger partial charge in [0.25, 0.3) is 34.6 Å².